The quantitative estimate of drug-likeness (QED) is 0.382. The molecule has 0 aliphatic heterocycles. The van der Waals surface area contributed by atoms with Gasteiger partial charge in [-0.25, -0.2) is 5.48 Å². The highest BCUT2D eigenvalue weighted by Gasteiger charge is 1.88. The van der Waals surface area contributed by atoms with E-state index in [1.807, 2.05) is 12.1 Å². The second-order valence-electron chi connectivity index (χ2n) is 1.88. The van der Waals surface area contributed by atoms with Crippen molar-refractivity contribution in [1.82, 2.24) is 10.5 Å². The number of rotatable bonds is 4. The fourth-order valence-electron chi connectivity index (χ4n) is 0.638. The Morgan fingerprint density at radius 1 is 1.55 bits per heavy atom. The van der Waals surface area contributed by atoms with E-state index in [0.717, 1.165) is 5.56 Å². The molecular formula is C7H8N2O2. The molecule has 4 nitrogen and oxygen atoms in total. The lowest BCUT2D eigenvalue weighted by Crippen LogP contribution is -2.10. The van der Waals surface area contributed by atoms with Crippen molar-refractivity contribution in [3.8, 4) is 0 Å². The third-order valence-corrected chi connectivity index (χ3v) is 1.12. The molecule has 1 heterocycles. The van der Waals surface area contributed by atoms with Crippen molar-refractivity contribution in [2.45, 2.75) is 6.61 Å². The second kappa shape index (κ2) is 4.40. The fraction of sp³-hybridized carbons (Fsp3) is 0.143. The average Bonchev–Trinajstić information content (AvgIpc) is 2.07. The number of nitrogens with zero attached hydrogens (tertiary/aromatic N) is 1. The summed E-state index contributed by atoms with van der Waals surface area (Å²) in [7, 11) is 0. The zero-order valence-electron chi connectivity index (χ0n) is 5.86. The predicted octanol–water partition coefficient (Wildman–Crippen LogP) is 0.259. The normalized spacial score (nSPS) is 9.09. The number of hydrogen-bond acceptors (Lipinski definition) is 3. The van der Waals surface area contributed by atoms with Crippen LogP contribution >= 0.6 is 0 Å². The SMILES string of the molecule is O=CNOCc1ccncc1. The van der Waals surface area contributed by atoms with Crippen molar-refractivity contribution < 1.29 is 9.63 Å². The first-order valence-electron chi connectivity index (χ1n) is 3.13. The lowest BCUT2D eigenvalue weighted by Gasteiger charge is -1.98. The van der Waals surface area contributed by atoms with E-state index in [9.17, 15) is 4.79 Å². The maximum Gasteiger partial charge on any atom is 0.230 e. The Hall–Kier alpha value is -1.42. The van der Waals surface area contributed by atoms with Crippen LogP contribution in [-0.4, -0.2) is 11.4 Å². The summed E-state index contributed by atoms with van der Waals surface area (Å²) < 4.78 is 0. The van der Waals surface area contributed by atoms with Crippen molar-refractivity contribution in [1.29, 1.82) is 0 Å². The van der Waals surface area contributed by atoms with Crippen LogP contribution in [0.5, 0.6) is 0 Å². The first-order valence-corrected chi connectivity index (χ1v) is 3.13. The molecule has 0 saturated heterocycles. The zero-order chi connectivity index (χ0) is 7.94. The van der Waals surface area contributed by atoms with Crippen molar-refractivity contribution in [3.63, 3.8) is 0 Å². The Morgan fingerprint density at radius 2 is 2.27 bits per heavy atom. The molecule has 1 N–H and O–H groups in total. The summed E-state index contributed by atoms with van der Waals surface area (Å²) in [6.45, 7) is 0.362. The first kappa shape index (κ1) is 7.68. The third kappa shape index (κ3) is 2.77. The topological polar surface area (TPSA) is 51.2 Å². The number of hydroxylamine groups is 1. The van der Waals surface area contributed by atoms with Crippen LogP contribution in [0.2, 0.25) is 0 Å². The molecule has 4 heteroatoms. The molecule has 1 rings (SSSR count). The van der Waals surface area contributed by atoms with Gasteiger partial charge >= 0.3 is 0 Å². The summed E-state index contributed by atoms with van der Waals surface area (Å²) in [6.07, 6.45) is 3.82. The second-order valence-corrected chi connectivity index (χ2v) is 1.88. The van der Waals surface area contributed by atoms with Crippen LogP contribution in [0.15, 0.2) is 24.5 Å². The number of amides is 1. The molecule has 0 saturated carbocycles. The summed E-state index contributed by atoms with van der Waals surface area (Å²) in [5, 5.41) is 0. The van der Waals surface area contributed by atoms with E-state index in [1.54, 1.807) is 12.4 Å². The van der Waals surface area contributed by atoms with Crippen LogP contribution in [0, 0.1) is 0 Å². The maximum absolute atomic E-state index is 9.75. The third-order valence-electron chi connectivity index (χ3n) is 1.12. The maximum atomic E-state index is 9.75. The number of hydrogen-bond donors (Lipinski definition) is 1. The van der Waals surface area contributed by atoms with E-state index in [0.29, 0.717) is 13.0 Å². The van der Waals surface area contributed by atoms with Crippen molar-refractivity contribution in [3.05, 3.63) is 30.1 Å². The van der Waals surface area contributed by atoms with Crippen LogP contribution in [0.3, 0.4) is 0 Å². The Balaban J connectivity index is 2.33. The van der Waals surface area contributed by atoms with Gasteiger partial charge in [-0.2, -0.15) is 0 Å². The van der Waals surface area contributed by atoms with Gasteiger partial charge in [0.15, 0.2) is 0 Å². The Kier molecular flexibility index (Phi) is 3.08. The minimum Gasteiger partial charge on any atom is -0.277 e. The molecule has 1 amide bonds. The first-order chi connectivity index (χ1) is 5.43. The lowest BCUT2D eigenvalue weighted by atomic mass is 10.3. The summed E-state index contributed by atoms with van der Waals surface area (Å²) in [4.78, 5) is 18.3. The van der Waals surface area contributed by atoms with Gasteiger partial charge in [0.05, 0.1) is 6.61 Å². The molecule has 0 bridgehead atoms. The summed E-state index contributed by atoms with van der Waals surface area (Å²) in [5.41, 5.74) is 3.06. The number of carbonyl (C=O) groups is 1. The van der Waals surface area contributed by atoms with Crippen molar-refractivity contribution in [2.24, 2.45) is 0 Å². The van der Waals surface area contributed by atoms with Gasteiger partial charge in [0.25, 0.3) is 0 Å². The molecule has 1 aromatic rings. The predicted molar refractivity (Wildman–Crippen MR) is 38.2 cm³/mol. The summed E-state index contributed by atoms with van der Waals surface area (Å²) >= 11 is 0. The fourth-order valence-corrected chi connectivity index (χ4v) is 0.638. The number of pyridine rings is 1. The van der Waals surface area contributed by atoms with Crippen molar-refractivity contribution in [2.75, 3.05) is 0 Å². The van der Waals surface area contributed by atoms with Gasteiger partial charge in [-0.3, -0.25) is 14.6 Å². The van der Waals surface area contributed by atoms with Crippen LogP contribution in [-0.2, 0) is 16.2 Å². The van der Waals surface area contributed by atoms with E-state index in [1.165, 1.54) is 0 Å². The number of aromatic nitrogens is 1. The molecule has 0 aliphatic carbocycles. The van der Waals surface area contributed by atoms with Crippen molar-refractivity contribution >= 4 is 6.41 Å². The Labute approximate surface area is 64.2 Å². The Morgan fingerprint density at radius 3 is 2.91 bits per heavy atom. The molecule has 58 valence electrons. The van der Waals surface area contributed by atoms with Gasteiger partial charge in [0.1, 0.15) is 0 Å². The van der Waals surface area contributed by atoms with Crippen LogP contribution in [0.4, 0.5) is 0 Å². The van der Waals surface area contributed by atoms with E-state index >= 15 is 0 Å². The largest absolute Gasteiger partial charge is 0.277 e. The molecule has 0 spiro atoms. The molecule has 0 radical (unpaired) electrons. The number of carbonyl (C=O) groups excluding carboxylic acids is 1. The average molecular weight is 152 g/mol. The van der Waals surface area contributed by atoms with E-state index in [4.69, 9.17) is 4.84 Å². The highest BCUT2D eigenvalue weighted by atomic mass is 16.6. The molecule has 0 unspecified atom stereocenters. The summed E-state index contributed by atoms with van der Waals surface area (Å²) in [6, 6.07) is 3.62. The van der Waals surface area contributed by atoms with E-state index in [2.05, 4.69) is 10.5 Å². The Bertz CT molecular complexity index is 213. The van der Waals surface area contributed by atoms with Gasteiger partial charge in [-0.1, -0.05) is 0 Å². The molecule has 0 atom stereocenters. The molecule has 11 heavy (non-hydrogen) atoms. The monoisotopic (exact) mass is 152 g/mol. The summed E-state index contributed by atoms with van der Waals surface area (Å²) in [5.74, 6) is 0. The zero-order valence-corrected chi connectivity index (χ0v) is 5.86. The van der Waals surface area contributed by atoms with Gasteiger partial charge in [0.2, 0.25) is 6.41 Å². The smallest absolute Gasteiger partial charge is 0.230 e. The molecule has 0 fully saturated rings. The minimum atomic E-state index is 0.362. The van der Waals surface area contributed by atoms with Gasteiger partial charge < -0.3 is 0 Å². The van der Waals surface area contributed by atoms with Gasteiger partial charge in [-0.05, 0) is 17.7 Å². The molecular weight excluding hydrogens is 144 g/mol. The van der Waals surface area contributed by atoms with Gasteiger partial charge in [-0.15, -0.1) is 0 Å². The van der Waals surface area contributed by atoms with Crippen LogP contribution < -0.4 is 5.48 Å². The highest BCUT2D eigenvalue weighted by molar-refractivity contribution is 5.43. The molecule has 0 aliphatic rings. The van der Waals surface area contributed by atoms with Gasteiger partial charge in [0, 0.05) is 12.4 Å². The lowest BCUT2D eigenvalue weighted by molar-refractivity contribution is -0.121. The number of nitrogens with one attached hydrogen (secondary N) is 1. The standard InChI is InChI=1S/C7H8N2O2/c10-6-9-11-5-7-1-3-8-4-2-7/h1-4,6H,5H2,(H,9,10). The molecule has 0 aromatic carbocycles. The van der Waals surface area contributed by atoms with Crippen LogP contribution in [0.1, 0.15) is 5.56 Å². The van der Waals surface area contributed by atoms with E-state index in [-0.39, 0.29) is 0 Å². The van der Waals surface area contributed by atoms with E-state index < -0.39 is 0 Å². The highest BCUT2D eigenvalue weighted by Crippen LogP contribution is 1.95. The van der Waals surface area contributed by atoms with Crippen LogP contribution in [0.25, 0.3) is 0 Å². The minimum absolute atomic E-state index is 0.362. The molecule has 1 aromatic heterocycles.